The number of carbonyl (C=O) groups is 1. The quantitative estimate of drug-likeness (QED) is 0.161. The molecule has 9 nitrogen and oxygen atoms in total. The van der Waals surface area contributed by atoms with E-state index >= 15 is 0 Å². The number of amides is 1. The van der Waals surface area contributed by atoms with Crippen molar-refractivity contribution in [2.24, 2.45) is 0 Å². The summed E-state index contributed by atoms with van der Waals surface area (Å²) in [4.78, 5) is 32.1. The number of nitro groups is 1. The van der Waals surface area contributed by atoms with Crippen LogP contribution in [0, 0.1) is 10.1 Å². The largest absolute Gasteiger partial charge is 0.302 e. The molecule has 3 aromatic carbocycles. The molecule has 0 aliphatic heterocycles. The van der Waals surface area contributed by atoms with Crippen LogP contribution in [0.3, 0.4) is 0 Å². The van der Waals surface area contributed by atoms with Crippen LogP contribution in [-0.2, 0) is 4.79 Å². The molecule has 0 atom stereocenters. The Morgan fingerprint density at radius 3 is 2.58 bits per heavy atom. The third-order valence-corrected chi connectivity index (χ3v) is 7.34. The Hall–Kier alpha value is -4.22. The number of thioether (sulfide) groups is 1. The number of rotatable bonds is 7. The molecule has 0 fully saturated rings. The van der Waals surface area contributed by atoms with Gasteiger partial charge in [-0.15, -0.1) is 21.5 Å². The smallest absolute Gasteiger partial charge is 0.270 e. The Balaban J connectivity index is 1.09. The molecule has 1 N–H and O–H groups in total. The second-order valence-corrected chi connectivity index (χ2v) is 9.91. The van der Waals surface area contributed by atoms with Gasteiger partial charge in [-0.05, 0) is 5.39 Å². The molecule has 6 rings (SSSR count). The Morgan fingerprint density at radius 2 is 1.78 bits per heavy atom. The highest BCUT2D eigenvalue weighted by atomic mass is 32.2. The average molecular weight is 513 g/mol. The molecule has 0 saturated heterocycles. The van der Waals surface area contributed by atoms with Crippen molar-refractivity contribution in [2.75, 3.05) is 11.1 Å². The van der Waals surface area contributed by atoms with Crippen molar-refractivity contribution in [2.45, 2.75) is 11.6 Å². The third kappa shape index (κ3) is 4.08. The summed E-state index contributed by atoms with van der Waals surface area (Å²) in [5.74, 6) is 0.292. The summed E-state index contributed by atoms with van der Waals surface area (Å²) < 4.78 is 0. The van der Waals surface area contributed by atoms with E-state index in [-0.39, 0.29) is 18.0 Å². The van der Waals surface area contributed by atoms with Gasteiger partial charge in [-0.25, -0.2) is 9.97 Å². The standard InChI is InChI=1S/C25H16N6O3S2/c32-20(27-24-26-19(13-36-24)15-6-1-7-16(12-15)31(33)34)10-11-35-25-28-22-17-8-2-4-14-5-3-9-18(21(14)17)23(22)29-30-25/h1-9,12-13H,10-11H2,(H,26,27,32). The molecule has 5 aromatic rings. The lowest BCUT2D eigenvalue weighted by atomic mass is 10.0. The number of benzene rings is 3. The molecule has 0 unspecified atom stereocenters. The van der Waals surface area contributed by atoms with Crippen LogP contribution in [0.1, 0.15) is 6.42 Å². The first-order valence-electron chi connectivity index (χ1n) is 11.0. The first kappa shape index (κ1) is 22.3. The summed E-state index contributed by atoms with van der Waals surface area (Å²) in [6.45, 7) is 0. The minimum absolute atomic E-state index is 0.00747. The number of nitro benzene ring substituents is 1. The van der Waals surface area contributed by atoms with Crippen molar-refractivity contribution >= 4 is 50.6 Å². The van der Waals surface area contributed by atoms with Gasteiger partial charge in [0.15, 0.2) is 5.13 Å². The van der Waals surface area contributed by atoms with Gasteiger partial charge in [-0.3, -0.25) is 14.9 Å². The van der Waals surface area contributed by atoms with Gasteiger partial charge in [0.25, 0.3) is 5.69 Å². The molecule has 1 amide bonds. The van der Waals surface area contributed by atoms with Crippen molar-refractivity contribution in [1.29, 1.82) is 0 Å². The maximum absolute atomic E-state index is 12.5. The van der Waals surface area contributed by atoms with Gasteiger partial charge in [0.2, 0.25) is 11.1 Å². The van der Waals surface area contributed by atoms with E-state index in [0.717, 1.165) is 33.3 Å². The predicted molar refractivity (Wildman–Crippen MR) is 140 cm³/mol. The molecule has 36 heavy (non-hydrogen) atoms. The fourth-order valence-corrected chi connectivity index (χ4v) is 5.60. The molecular weight excluding hydrogens is 496 g/mol. The van der Waals surface area contributed by atoms with E-state index < -0.39 is 4.92 Å². The predicted octanol–water partition coefficient (Wildman–Crippen LogP) is 5.82. The molecule has 176 valence electrons. The average Bonchev–Trinajstić information content (AvgIpc) is 3.48. The number of fused-ring (bicyclic) bond motifs is 3. The van der Waals surface area contributed by atoms with Gasteiger partial charge >= 0.3 is 0 Å². The normalized spacial score (nSPS) is 11.4. The molecule has 1 aliphatic carbocycles. The highest BCUT2D eigenvalue weighted by Gasteiger charge is 2.25. The number of thiazole rings is 1. The van der Waals surface area contributed by atoms with Gasteiger partial charge in [0.05, 0.1) is 10.6 Å². The fraction of sp³-hybridized carbons (Fsp3) is 0.0800. The van der Waals surface area contributed by atoms with E-state index in [1.807, 2.05) is 24.3 Å². The van der Waals surface area contributed by atoms with Gasteiger partial charge in [-0.2, -0.15) is 0 Å². The van der Waals surface area contributed by atoms with Crippen LogP contribution >= 0.6 is 23.1 Å². The number of non-ortho nitro benzene ring substituents is 1. The fourth-order valence-electron chi connectivity index (χ4n) is 4.14. The SMILES string of the molecule is O=C(CCSc1nnc2c(n1)-c1cccc3cccc-2c13)Nc1nc(-c2cccc([N+](=O)[O-])c2)cs1. The Bertz CT molecular complexity index is 1660. The van der Waals surface area contributed by atoms with E-state index in [9.17, 15) is 14.9 Å². The number of anilines is 1. The van der Waals surface area contributed by atoms with E-state index in [4.69, 9.17) is 4.98 Å². The lowest BCUT2D eigenvalue weighted by molar-refractivity contribution is -0.384. The topological polar surface area (TPSA) is 124 Å². The molecular formula is C25H16N6O3S2. The minimum atomic E-state index is -0.449. The van der Waals surface area contributed by atoms with Crippen LogP contribution in [0.15, 0.2) is 71.2 Å². The van der Waals surface area contributed by atoms with Gasteiger partial charge < -0.3 is 5.32 Å². The second-order valence-electron chi connectivity index (χ2n) is 7.99. The Labute approximate surface area is 212 Å². The summed E-state index contributed by atoms with van der Waals surface area (Å²) in [5.41, 5.74) is 4.88. The van der Waals surface area contributed by atoms with Crippen molar-refractivity contribution in [3.63, 3.8) is 0 Å². The number of hydrogen-bond donors (Lipinski definition) is 1. The number of carbonyl (C=O) groups excluding carboxylic acids is 1. The molecule has 11 heteroatoms. The minimum Gasteiger partial charge on any atom is -0.302 e. The van der Waals surface area contributed by atoms with Crippen LogP contribution in [-0.4, -0.2) is 36.7 Å². The first-order valence-corrected chi connectivity index (χ1v) is 12.8. The van der Waals surface area contributed by atoms with Crippen molar-refractivity contribution in [3.05, 3.63) is 76.2 Å². The maximum atomic E-state index is 12.5. The summed E-state index contributed by atoms with van der Waals surface area (Å²) in [5, 5.41) is 27.5. The summed E-state index contributed by atoms with van der Waals surface area (Å²) >= 11 is 2.64. The zero-order valence-corrected chi connectivity index (χ0v) is 20.2. The zero-order valence-electron chi connectivity index (χ0n) is 18.5. The molecule has 0 saturated carbocycles. The molecule has 0 bridgehead atoms. The zero-order chi connectivity index (χ0) is 24.6. The van der Waals surface area contributed by atoms with Crippen LogP contribution in [0.4, 0.5) is 10.8 Å². The van der Waals surface area contributed by atoms with Gasteiger partial charge in [0.1, 0.15) is 11.4 Å². The van der Waals surface area contributed by atoms with E-state index in [1.165, 1.54) is 35.2 Å². The van der Waals surface area contributed by atoms with E-state index in [0.29, 0.717) is 27.3 Å². The van der Waals surface area contributed by atoms with Crippen LogP contribution in [0.2, 0.25) is 0 Å². The van der Waals surface area contributed by atoms with Crippen molar-refractivity contribution < 1.29 is 9.72 Å². The number of aromatic nitrogens is 4. The third-order valence-electron chi connectivity index (χ3n) is 5.75. The number of nitrogens with one attached hydrogen (secondary N) is 1. The summed E-state index contributed by atoms with van der Waals surface area (Å²) in [7, 11) is 0. The number of hydrogen-bond acceptors (Lipinski definition) is 9. The van der Waals surface area contributed by atoms with Crippen molar-refractivity contribution in [3.8, 4) is 33.8 Å². The van der Waals surface area contributed by atoms with Crippen LogP contribution in [0.25, 0.3) is 44.5 Å². The molecule has 2 heterocycles. The van der Waals surface area contributed by atoms with Crippen LogP contribution in [0.5, 0.6) is 0 Å². The molecule has 1 aliphatic rings. The maximum Gasteiger partial charge on any atom is 0.270 e. The monoisotopic (exact) mass is 512 g/mol. The van der Waals surface area contributed by atoms with Gasteiger partial charge in [-0.1, -0.05) is 60.3 Å². The lowest BCUT2D eigenvalue weighted by Crippen LogP contribution is -2.12. The van der Waals surface area contributed by atoms with Crippen LogP contribution < -0.4 is 5.32 Å². The second kappa shape index (κ2) is 9.10. The Morgan fingerprint density at radius 1 is 1.00 bits per heavy atom. The number of nitrogens with zero attached hydrogens (tertiary/aromatic N) is 5. The molecule has 0 radical (unpaired) electrons. The highest BCUT2D eigenvalue weighted by Crippen LogP contribution is 2.44. The first-order chi connectivity index (χ1) is 17.6. The van der Waals surface area contributed by atoms with Crippen molar-refractivity contribution in [1.82, 2.24) is 20.2 Å². The van der Waals surface area contributed by atoms with Gasteiger partial charge in [0, 0.05) is 51.8 Å². The van der Waals surface area contributed by atoms with E-state index in [1.54, 1.807) is 17.5 Å². The Kier molecular flexibility index (Phi) is 5.62. The van der Waals surface area contributed by atoms with E-state index in [2.05, 4.69) is 32.6 Å². The lowest BCUT2D eigenvalue weighted by Gasteiger charge is -2.04. The highest BCUT2D eigenvalue weighted by molar-refractivity contribution is 7.99. The summed E-state index contributed by atoms with van der Waals surface area (Å²) in [6, 6.07) is 18.5. The molecule has 0 spiro atoms. The summed E-state index contributed by atoms with van der Waals surface area (Å²) in [6.07, 6.45) is 0.243. The molecule has 2 aromatic heterocycles.